The van der Waals surface area contributed by atoms with E-state index in [1.165, 1.54) is 35.4 Å². The number of nitrogens with zero attached hydrogens (tertiary/aromatic N) is 3. The SMILES string of the molecule is CC[C@]1(O)C(=O)OCc2c1cc1n(c2=O)Cc2c-1nc1cc(F)c(C)c3c1c2[C@H](N(C(=O)O)C(CNC(=O)OC(C)(C)C)c1ccc(NC(=O)[C@H](C)NC(=O)[C@@H](NC(C)=O)C(C)C)cc1)CC3. The van der Waals surface area contributed by atoms with Gasteiger partial charge in [0.05, 0.1) is 41.1 Å². The first kappa shape index (κ1) is 48.1. The Labute approximate surface area is 385 Å². The molecule has 2 aromatic carbocycles. The van der Waals surface area contributed by atoms with Crippen molar-refractivity contribution >= 4 is 52.5 Å². The summed E-state index contributed by atoms with van der Waals surface area (Å²) in [4.78, 5) is 98.4. The van der Waals surface area contributed by atoms with E-state index in [4.69, 9.17) is 14.5 Å². The van der Waals surface area contributed by atoms with Gasteiger partial charge in [0.25, 0.3) is 5.56 Å². The highest BCUT2D eigenvalue weighted by molar-refractivity contribution is 5.98. The lowest BCUT2D eigenvalue weighted by Crippen LogP contribution is -2.53. The molecule has 0 radical (unpaired) electrons. The maximum atomic E-state index is 15.7. The third kappa shape index (κ3) is 9.03. The number of carboxylic acid groups (broad SMARTS) is 1. The van der Waals surface area contributed by atoms with Crippen LogP contribution in [-0.4, -0.2) is 84.8 Å². The monoisotopic (exact) mass is 925 g/mol. The summed E-state index contributed by atoms with van der Waals surface area (Å²) in [5.41, 5.74) is 0.0962. The van der Waals surface area contributed by atoms with Gasteiger partial charge in [-0.05, 0) is 100 Å². The lowest BCUT2D eigenvalue weighted by atomic mass is 9.80. The van der Waals surface area contributed by atoms with Crippen LogP contribution < -0.4 is 26.8 Å². The highest BCUT2D eigenvalue weighted by Crippen LogP contribution is 2.49. The minimum atomic E-state index is -2.11. The first-order chi connectivity index (χ1) is 31.4. The number of amides is 5. The van der Waals surface area contributed by atoms with E-state index in [0.717, 1.165) is 0 Å². The van der Waals surface area contributed by atoms with Crippen molar-refractivity contribution in [1.29, 1.82) is 0 Å². The molecule has 18 nitrogen and oxygen atoms in total. The smallest absolute Gasteiger partial charge is 0.408 e. The zero-order valence-electron chi connectivity index (χ0n) is 38.9. The number of benzene rings is 2. The fourth-order valence-corrected chi connectivity index (χ4v) is 9.33. The van der Waals surface area contributed by atoms with E-state index < -0.39 is 82.6 Å². The average Bonchev–Trinajstić information content (AvgIpc) is 3.62. The number of rotatable bonds is 12. The number of aromatic nitrogens is 2. The van der Waals surface area contributed by atoms with Crippen LogP contribution in [-0.2, 0) is 53.8 Å². The summed E-state index contributed by atoms with van der Waals surface area (Å²) in [7, 11) is 0. The molecular weight excluding hydrogens is 870 g/mol. The summed E-state index contributed by atoms with van der Waals surface area (Å²) >= 11 is 0. The van der Waals surface area contributed by atoms with Crippen molar-refractivity contribution in [2.45, 2.75) is 130 Å². The van der Waals surface area contributed by atoms with Crippen molar-refractivity contribution < 1.29 is 52.8 Å². The number of carbonyl (C=O) groups excluding carboxylic acids is 5. The molecule has 3 aliphatic rings. The Morgan fingerprint density at radius 3 is 2.33 bits per heavy atom. The number of aliphatic hydroxyl groups is 1. The summed E-state index contributed by atoms with van der Waals surface area (Å²) in [6.07, 6.45) is -1.84. The zero-order chi connectivity index (χ0) is 49.0. The maximum Gasteiger partial charge on any atom is 0.408 e. The van der Waals surface area contributed by atoms with Crippen LogP contribution in [0.2, 0.25) is 0 Å². The normalized spacial score (nSPS) is 18.4. The second kappa shape index (κ2) is 18.1. The molecule has 19 heteroatoms. The number of cyclic esters (lactones) is 1. The third-order valence-electron chi connectivity index (χ3n) is 12.7. The molecule has 0 bridgehead atoms. The summed E-state index contributed by atoms with van der Waals surface area (Å²) < 4.78 is 27.9. The van der Waals surface area contributed by atoms with Gasteiger partial charge in [0.2, 0.25) is 17.7 Å². The second-order valence-corrected chi connectivity index (χ2v) is 18.7. The van der Waals surface area contributed by atoms with Crippen molar-refractivity contribution in [3.8, 4) is 11.4 Å². The number of hydrogen-bond acceptors (Lipinski definition) is 11. The summed E-state index contributed by atoms with van der Waals surface area (Å²) in [5.74, 6) is -3.17. The van der Waals surface area contributed by atoms with Crippen LogP contribution in [0.3, 0.4) is 0 Å². The van der Waals surface area contributed by atoms with Crippen LogP contribution in [0.25, 0.3) is 22.3 Å². The largest absolute Gasteiger partial charge is 0.465 e. The van der Waals surface area contributed by atoms with E-state index >= 15 is 4.39 Å². The molecule has 4 aromatic rings. The lowest BCUT2D eigenvalue weighted by molar-refractivity contribution is -0.172. The van der Waals surface area contributed by atoms with Crippen LogP contribution in [0.4, 0.5) is 19.7 Å². The first-order valence-corrected chi connectivity index (χ1v) is 22.2. The molecule has 4 heterocycles. The molecule has 0 saturated carbocycles. The molecule has 356 valence electrons. The number of fused-ring (bicyclic) bond motifs is 5. The molecule has 5 atom stereocenters. The first-order valence-electron chi connectivity index (χ1n) is 22.2. The summed E-state index contributed by atoms with van der Waals surface area (Å²) in [6.45, 7) is 13.9. The Bertz CT molecular complexity index is 2780. The van der Waals surface area contributed by atoms with Gasteiger partial charge in [0.1, 0.15) is 30.1 Å². The van der Waals surface area contributed by atoms with Gasteiger partial charge in [-0.3, -0.25) is 24.1 Å². The molecule has 7 rings (SSSR count). The molecule has 0 fully saturated rings. The minimum absolute atomic E-state index is 0.0627. The van der Waals surface area contributed by atoms with Crippen LogP contribution >= 0.6 is 0 Å². The predicted molar refractivity (Wildman–Crippen MR) is 242 cm³/mol. The Morgan fingerprint density at radius 1 is 1.03 bits per heavy atom. The van der Waals surface area contributed by atoms with Gasteiger partial charge in [0, 0.05) is 41.7 Å². The van der Waals surface area contributed by atoms with E-state index in [9.17, 15) is 43.8 Å². The highest BCUT2D eigenvalue weighted by Gasteiger charge is 2.47. The van der Waals surface area contributed by atoms with Crippen LogP contribution in [0.1, 0.15) is 119 Å². The van der Waals surface area contributed by atoms with E-state index in [2.05, 4.69) is 21.3 Å². The zero-order valence-corrected chi connectivity index (χ0v) is 38.9. The quantitative estimate of drug-likeness (QED) is 0.0866. The standard InChI is InChI=1S/C48H56FN7O11/c1-10-48(65)31-17-35-40-29(20-55(35)43(60)30(31)21-66-44(48)61)38-34(16-15-28-23(4)32(49)18-33(54-40)37(28)38)56(46(63)64)36(19-50-45(62)67-47(7,8)9)26-11-13-27(14-12-26)53-41(58)24(5)51-42(59)39(22(2)3)52-25(6)57/h11-14,17-18,22,24,34,36,39,65H,10,15-16,19-21H2,1-9H3,(H,50,62)(H,51,59)(H,52,57)(H,53,58)(H,63,64)/t24-,34+,36?,39-,48+/m0/s1. The molecule has 0 spiro atoms. The minimum Gasteiger partial charge on any atom is -0.465 e. The third-order valence-corrected chi connectivity index (χ3v) is 12.7. The Hall–Kier alpha value is -6.89. The molecule has 0 saturated heterocycles. The summed E-state index contributed by atoms with van der Waals surface area (Å²) in [5, 5.41) is 34.1. The topological polar surface area (TPSA) is 248 Å². The number of nitrogens with one attached hydrogen (secondary N) is 4. The fourth-order valence-electron chi connectivity index (χ4n) is 9.33. The predicted octanol–water partition coefficient (Wildman–Crippen LogP) is 5.36. The van der Waals surface area contributed by atoms with Crippen molar-refractivity contribution in [2.75, 3.05) is 11.9 Å². The van der Waals surface area contributed by atoms with E-state index in [1.54, 1.807) is 72.7 Å². The number of anilines is 1. The van der Waals surface area contributed by atoms with E-state index in [-0.39, 0.29) is 72.9 Å². The number of halogens is 1. The highest BCUT2D eigenvalue weighted by atomic mass is 19.1. The number of carbonyl (C=O) groups is 6. The Balaban J connectivity index is 1.30. The van der Waals surface area contributed by atoms with Gasteiger partial charge >= 0.3 is 18.2 Å². The van der Waals surface area contributed by atoms with Crippen molar-refractivity contribution in [3.63, 3.8) is 0 Å². The number of ether oxygens (including phenoxy) is 2. The van der Waals surface area contributed by atoms with Crippen molar-refractivity contribution in [2.24, 2.45) is 5.92 Å². The molecule has 6 N–H and O–H groups in total. The average molecular weight is 926 g/mol. The van der Waals surface area contributed by atoms with Crippen LogP contribution in [0.15, 0.2) is 41.2 Å². The van der Waals surface area contributed by atoms with Gasteiger partial charge in [-0.1, -0.05) is 32.9 Å². The Morgan fingerprint density at radius 2 is 1.72 bits per heavy atom. The molecule has 67 heavy (non-hydrogen) atoms. The molecule has 1 aliphatic carbocycles. The number of hydrogen-bond donors (Lipinski definition) is 6. The van der Waals surface area contributed by atoms with Crippen LogP contribution in [0.5, 0.6) is 0 Å². The van der Waals surface area contributed by atoms with Crippen LogP contribution in [0, 0.1) is 18.7 Å². The molecule has 5 amide bonds. The fraction of sp³-hybridized carbons (Fsp3) is 0.458. The van der Waals surface area contributed by atoms with E-state index in [1.807, 2.05) is 0 Å². The van der Waals surface area contributed by atoms with Gasteiger partial charge < -0.3 is 45.5 Å². The molecule has 2 aromatic heterocycles. The van der Waals surface area contributed by atoms with Crippen molar-refractivity contribution in [1.82, 2.24) is 30.4 Å². The van der Waals surface area contributed by atoms with Gasteiger partial charge in [0.15, 0.2) is 5.60 Å². The lowest BCUT2D eigenvalue weighted by Gasteiger charge is -2.40. The van der Waals surface area contributed by atoms with Gasteiger partial charge in [-0.2, -0.15) is 0 Å². The second-order valence-electron chi connectivity index (χ2n) is 18.7. The van der Waals surface area contributed by atoms with Gasteiger partial charge in [-0.25, -0.2) is 23.8 Å². The number of aryl methyl sites for hydroxylation is 1. The number of pyridine rings is 2. The summed E-state index contributed by atoms with van der Waals surface area (Å²) in [6, 6.07) is 5.17. The number of alkyl carbamates (subject to hydrolysis) is 1. The van der Waals surface area contributed by atoms with E-state index in [0.29, 0.717) is 38.9 Å². The molecule has 1 unspecified atom stereocenters. The molecule has 2 aliphatic heterocycles. The van der Waals surface area contributed by atoms with Gasteiger partial charge in [-0.15, -0.1) is 0 Å². The van der Waals surface area contributed by atoms with Crippen molar-refractivity contribution in [3.05, 3.63) is 91.5 Å². The molecular formula is C48H56FN7O11. The number of esters is 1. The maximum absolute atomic E-state index is 15.7. The Kier molecular flexibility index (Phi) is 13.0.